The lowest BCUT2D eigenvalue weighted by atomic mass is 10.2. The molecule has 1 aromatic rings. The van der Waals surface area contributed by atoms with Crippen LogP contribution in [0.15, 0.2) is 12.1 Å². The fourth-order valence-corrected chi connectivity index (χ4v) is 4.49. The highest BCUT2D eigenvalue weighted by molar-refractivity contribution is 7.91. The Bertz CT molecular complexity index is 668. The van der Waals surface area contributed by atoms with E-state index in [0.717, 1.165) is 32.0 Å². The summed E-state index contributed by atoms with van der Waals surface area (Å²) in [5.41, 5.74) is 0.215. The van der Waals surface area contributed by atoms with E-state index in [-0.39, 0.29) is 29.1 Å². The van der Waals surface area contributed by atoms with E-state index in [0.29, 0.717) is 6.42 Å². The van der Waals surface area contributed by atoms with Gasteiger partial charge < -0.3 is 15.1 Å². The molecule has 0 saturated carbocycles. The van der Waals surface area contributed by atoms with Gasteiger partial charge in [0.05, 0.1) is 11.5 Å². The number of carbonyl (C=O) groups excluding carboxylic acids is 1. The third-order valence-electron chi connectivity index (χ3n) is 4.28. The fraction of sp³-hybridized carbons (Fsp3) is 0.643. The Balaban J connectivity index is 1.59. The molecule has 1 unspecified atom stereocenters. The summed E-state index contributed by atoms with van der Waals surface area (Å²) < 4.78 is 22.8. The minimum absolute atomic E-state index is 0.00550. The van der Waals surface area contributed by atoms with Crippen molar-refractivity contribution in [2.45, 2.75) is 12.5 Å². The number of carbonyl (C=O) groups is 1. The number of sulfone groups is 1. The van der Waals surface area contributed by atoms with Crippen LogP contribution in [0.1, 0.15) is 16.9 Å². The fourth-order valence-electron chi connectivity index (χ4n) is 2.82. The minimum Gasteiger partial charge on any atom is -0.353 e. The van der Waals surface area contributed by atoms with Crippen molar-refractivity contribution in [3.8, 4) is 0 Å². The Morgan fingerprint density at radius 3 is 2.52 bits per heavy atom. The van der Waals surface area contributed by atoms with Crippen molar-refractivity contribution in [3.63, 3.8) is 0 Å². The van der Waals surface area contributed by atoms with Crippen LogP contribution in [0.25, 0.3) is 0 Å². The van der Waals surface area contributed by atoms with E-state index < -0.39 is 9.84 Å². The number of hydrogen-bond acceptors (Lipinski definition) is 7. The van der Waals surface area contributed by atoms with Gasteiger partial charge in [-0.3, -0.25) is 4.79 Å². The second kappa shape index (κ2) is 6.40. The average molecular weight is 339 g/mol. The molecule has 1 N–H and O–H groups in total. The van der Waals surface area contributed by atoms with Crippen LogP contribution < -0.4 is 10.2 Å². The van der Waals surface area contributed by atoms with Gasteiger partial charge in [0.25, 0.3) is 5.91 Å². The zero-order valence-electron chi connectivity index (χ0n) is 13.1. The van der Waals surface area contributed by atoms with Crippen LogP contribution in [-0.4, -0.2) is 80.2 Å². The molecular formula is C14H21N5O3S. The maximum atomic E-state index is 12.1. The van der Waals surface area contributed by atoms with Gasteiger partial charge >= 0.3 is 0 Å². The number of hydrogen-bond donors (Lipinski definition) is 1. The highest BCUT2D eigenvalue weighted by Crippen LogP contribution is 2.14. The van der Waals surface area contributed by atoms with Crippen LogP contribution >= 0.6 is 0 Å². The zero-order valence-corrected chi connectivity index (χ0v) is 13.9. The van der Waals surface area contributed by atoms with Gasteiger partial charge in [0, 0.05) is 32.2 Å². The number of anilines is 1. The number of nitrogens with zero attached hydrogens (tertiary/aromatic N) is 4. The average Bonchev–Trinajstić information content (AvgIpc) is 2.87. The smallest absolute Gasteiger partial charge is 0.272 e. The largest absolute Gasteiger partial charge is 0.353 e. The van der Waals surface area contributed by atoms with Crippen molar-refractivity contribution in [2.75, 3.05) is 49.6 Å². The maximum absolute atomic E-state index is 12.1. The van der Waals surface area contributed by atoms with Crippen LogP contribution in [0.3, 0.4) is 0 Å². The Labute approximate surface area is 135 Å². The van der Waals surface area contributed by atoms with E-state index in [1.807, 2.05) is 0 Å². The molecular weight excluding hydrogens is 318 g/mol. The summed E-state index contributed by atoms with van der Waals surface area (Å²) in [5, 5.41) is 10.8. The number of aromatic nitrogens is 2. The topological polar surface area (TPSA) is 95.5 Å². The lowest BCUT2D eigenvalue weighted by molar-refractivity contribution is 0.0935. The van der Waals surface area contributed by atoms with Gasteiger partial charge in [-0.05, 0) is 25.6 Å². The molecule has 0 radical (unpaired) electrons. The minimum atomic E-state index is -3.01. The van der Waals surface area contributed by atoms with Crippen LogP contribution in [0, 0.1) is 0 Å². The number of rotatable bonds is 3. The van der Waals surface area contributed by atoms with Crippen LogP contribution in [0.4, 0.5) is 5.82 Å². The van der Waals surface area contributed by atoms with Gasteiger partial charge in [-0.25, -0.2) is 8.42 Å². The van der Waals surface area contributed by atoms with E-state index in [1.54, 1.807) is 12.1 Å². The molecule has 9 heteroatoms. The molecule has 8 nitrogen and oxygen atoms in total. The standard InChI is InChI=1S/C14H21N5O3S/c1-18-5-7-19(8-6-18)13-3-2-12(16-17-13)14(20)15-11-4-9-23(21,22)10-11/h2-3,11H,4-10H2,1H3,(H,15,20). The summed E-state index contributed by atoms with van der Waals surface area (Å²) in [7, 11) is -0.927. The molecule has 3 rings (SSSR count). The molecule has 2 saturated heterocycles. The molecule has 2 aliphatic heterocycles. The molecule has 0 aromatic carbocycles. The number of nitrogens with one attached hydrogen (secondary N) is 1. The van der Waals surface area contributed by atoms with Gasteiger partial charge in [-0.1, -0.05) is 0 Å². The predicted octanol–water partition coefficient (Wildman–Crippen LogP) is -0.855. The molecule has 3 heterocycles. The lowest BCUT2D eigenvalue weighted by Crippen LogP contribution is -2.45. The summed E-state index contributed by atoms with van der Waals surface area (Å²) in [6.07, 6.45) is 0.459. The molecule has 126 valence electrons. The van der Waals surface area contributed by atoms with Gasteiger partial charge in [0.15, 0.2) is 21.3 Å². The SMILES string of the molecule is CN1CCN(c2ccc(C(=O)NC3CCS(=O)(=O)C3)nn2)CC1. The molecule has 1 atom stereocenters. The van der Waals surface area contributed by atoms with E-state index in [4.69, 9.17) is 0 Å². The number of amides is 1. The van der Waals surface area contributed by atoms with E-state index >= 15 is 0 Å². The first-order valence-electron chi connectivity index (χ1n) is 7.71. The second-order valence-electron chi connectivity index (χ2n) is 6.14. The number of piperazine rings is 1. The van der Waals surface area contributed by atoms with Crippen molar-refractivity contribution in [1.29, 1.82) is 0 Å². The molecule has 2 aliphatic rings. The van der Waals surface area contributed by atoms with E-state index in [1.165, 1.54) is 0 Å². The Morgan fingerprint density at radius 2 is 1.96 bits per heavy atom. The first kappa shape index (κ1) is 16.1. The molecule has 0 spiro atoms. The Morgan fingerprint density at radius 1 is 1.22 bits per heavy atom. The molecule has 1 amide bonds. The lowest BCUT2D eigenvalue weighted by Gasteiger charge is -2.32. The summed E-state index contributed by atoms with van der Waals surface area (Å²) in [4.78, 5) is 16.5. The van der Waals surface area contributed by atoms with E-state index in [2.05, 4.69) is 32.4 Å². The summed E-state index contributed by atoms with van der Waals surface area (Å²) in [5.74, 6) is 0.528. The summed E-state index contributed by atoms with van der Waals surface area (Å²) >= 11 is 0. The molecule has 2 fully saturated rings. The third-order valence-corrected chi connectivity index (χ3v) is 6.05. The van der Waals surface area contributed by atoms with Crippen LogP contribution in [-0.2, 0) is 9.84 Å². The van der Waals surface area contributed by atoms with Gasteiger partial charge in [-0.15, -0.1) is 10.2 Å². The van der Waals surface area contributed by atoms with Gasteiger partial charge in [0.2, 0.25) is 0 Å². The number of likely N-dealkylation sites (N-methyl/N-ethyl adjacent to an activating group) is 1. The third kappa shape index (κ3) is 3.97. The van der Waals surface area contributed by atoms with Gasteiger partial charge in [-0.2, -0.15) is 0 Å². The van der Waals surface area contributed by atoms with Crippen molar-refractivity contribution in [2.24, 2.45) is 0 Å². The highest BCUT2D eigenvalue weighted by atomic mass is 32.2. The molecule has 0 aliphatic carbocycles. The first-order valence-corrected chi connectivity index (χ1v) is 9.53. The van der Waals surface area contributed by atoms with Crippen molar-refractivity contribution < 1.29 is 13.2 Å². The van der Waals surface area contributed by atoms with Gasteiger partial charge in [0.1, 0.15) is 0 Å². The summed E-state index contributed by atoms with van der Waals surface area (Å²) in [6, 6.07) is 3.10. The Hall–Kier alpha value is -1.74. The molecule has 23 heavy (non-hydrogen) atoms. The highest BCUT2D eigenvalue weighted by Gasteiger charge is 2.29. The van der Waals surface area contributed by atoms with Crippen molar-refractivity contribution >= 4 is 21.6 Å². The maximum Gasteiger partial charge on any atom is 0.272 e. The van der Waals surface area contributed by atoms with Crippen molar-refractivity contribution in [3.05, 3.63) is 17.8 Å². The quantitative estimate of drug-likeness (QED) is 0.766. The van der Waals surface area contributed by atoms with Crippen LogP contribution in [0.5, 0.6) is 0 Å². The summed E-state index contributed by atoms with van der Waals surface area (Å²) in [6.45, 7) is 3.72. The second-order valence-corrected chi connectivity index (χ2v) is 8.37. The normalized spacial score (nSPS) is 24.6. The molecule has 1 aromatic heterocycles. The molecule has 0 bridgehead atoms. The van der Waals surface area contributed by atoms with Crippen molar-refractivity contribution in [1.82, 2.24) is 20.4 Å². The Kier molecular flexibility index (Phi) is 4.49. The predicted molar refractivity (Wildman–Crippen MR) is 86.3 cm³/mol. The monoisotopic (exact) mass is 339 g/mol. The first-order chi connectivity index (χ1) is 10.9. The van der Waals surface area contributed by atoms with E-state index in [9.17, 15) is 13.2 Å². The van der Waals surface area contributed by atoms with Crippen LogP contribution in [0.2, 0.25) is 0 Å². The zero-order chi connectivity index (χ0) is 16.4.